The molecule has 144 valence electrons. The minimum absolute atomic E-state index is 0.200. The highest BCUT2D eigenvalue weighted by atomic mass is 16.5. The highest BCUT2D eigenvalue weighted by Crippen LogP contribution is 2.22. The maximum absolute atomic E-state index is 12.3. The Morgan fingerprint density at radius 3 is 2.59 bits per heavy atom. The van der Waals surface area contributed by atoms with Crippen molar-refractivity contribution >= 4 is 22.8 Å². The van der Waals surface area contributed by atoms with E-state index in [0.29, 0.717) is 6.42 Å². The van der Waals surface area contributed by atoms with Gasteiger partial charge in [0.2, 0.25) is 0 Å². The zero-order valence-corrected chi connectivity index (χ0v) is 15.9. The molecule has 0 aromatic heterocycles. The Hall–Kier alpha value is -2.56. The highest BCUT2D eigenvalue weighted by Gasteiger charge is 2.22. The van der Waals surface area contributed by atoms with Gasteiger partial charge in [0.1, 0.15) is 0 Å². The molecule has 2 aromatic carbocycles. The van der Waals surface area contributed by atoms with E-state index in [2.05, 4.69) is 28.8 Å². The minimum Gasteiger partial charge on any atom is -0.469 e. The molecule has 1 aliphatic rings. The second-order valence-corrected chi connectivity index (χ2v) is 7.25. The number of carbonyl (C=O) groups excluding carboxylic acids is 2. The van der Waals surface area contributed by atoms with Gasteiger partial charge < -0.3 is 15.4 Å². The zero-order valence-electron chi connectivity index (χ0n) is 15.9. The number of hydrogen-bond acceptors (Lipinski definition) is 3. The number of amides is 2. The van der Waals surface area contributed by atoms with Crippen LogP contribution in [-0.4, -0.2) is 31.7 Å². The van der Waals surface area contributed by atoms with E-state index < -0.39 is 5.92 Å². The number of urea groups is 1. The summed E-state index contributed by atoms with van der Waals surface area (Å²) in [7, 11) is 1.39. The number of fused-ring (bicyclic) bond motifs is 1. The Bertz CT molecular complexity index is 779. The molecule has 1 aliphatic carbocycles. The Morgan fingerprint density at radius 2 is 1.81 bits per heavy atom. The van der Waals surface area contributed by atoms with Crippen LogP contribution in [0.4, 0.5) is 4.79 Å². The SMILES string of the molecule is COC(=O)[C@@H](CNC(=O)NC1CCCCC1)Cc1cccc2ccccc12. The lowest BCUT2D eigenvalue weighted by atomic mass is 9.94. The Balaban J connectivity index is 1.63. The molecule has 0 aliphatic heterocycles. The fourth-order valence-corrected chi connectivity index (χ4v) is 3.84. The van der Waals surface area contributed by atoms with Crippen molar-refractivity contribution < 1.29 is 14.3 Å². The van der Waals surface area contributed by atoms with Crippen molar-refractivity contribution in [2.45, 2.75) is 44.6 Å². The van der Waals surface area contributed by atoms with Gasteiger partial charge in [-0.2, -0.15) is 0 Å². The molecule has 0 spiro atoms. The standard InChI is InChI=1S/C22H28N2O3/c1-27-21(25)18(15-23-22(26)24-19-11-3-2-4-12-19)14-17-10-7-9-16-8-5-6-13-20(16)17/h5-10,13,18-19H,2-4,11-12,14-15H2,1H3,(H2,23,24,26)/t18-/m1/s1. The molecule has 2 N–H and O–H groups in total. The van der Waals surface area contributed by atoms with Gasteiger partial charge in [-0.25, -0.2) is 4.79 Å². The summed E-state index contributed by atoms with van der Waals surface area (Å²) >= 11 is 0. The molecule has 0 unspecified atom stereocenters. The quantitative estimate of drug-likeness (QED) is 0.762. The molecule has 0 bridgehead atoms. The van der Waals surface area contributed by atoms with E-state index in [0.717, 1.165) is 42.0 Å². The van der Waals surface area contributed by atoms with Gasteiger partial charge in [-0.1, -0.05) is 61.7 Å². The van der Waals surface area contributed by atoms with Crippen LogP contribution in [0.15, 0.2) is 42.5 Å². The van der Waals surface area contributed by atoms with Crippen molar-refractivity contribution in [3.63, 3.8) is 0 Å². The van der Waals surface area contributed by atoms with Crippen LogP contribution in [0.3, 0.4) is 0 Å². The third-order valence-corrected chi connectivity index (χ3v) is 5.33. The van der Waals surface area contributed by atoms with Gasteiger partial charge in [0, 0.05) is 12.6 Å². The molecule has 2 aromatic rings. The van der Waals surface area contributed by atoms with Crippen molar-refractivity contribution in [2.24, 2.45) is 5.92 Å². The van der Waals surface area contributed by atoms with Crippen molar-refractivity contribution in [2.75, 3.05) is 13.7 Å². The van der Waals surface area contributed by atoms with Gasteiger partial charge in [-0.05, 0) is 35.6 Å². The van der Waals surface area contributed by atoms with Crippen LogP contribution >= 0.6 is 0 Å². The van der Waals surface area contributed by atoms with Gasteiger partial charge in [0.15, 0.2) is 0 Å². The molecule has 27 heavy (non-hydrogen) atoms. The van der Waals surface area contributed by atoms with Crippen LogP contribution in [0, 0.1) is 5.92 Å². The summed E-state index contributed by atoms with van der Waals surface area (Å²) in [5.41, 5.74) is 1.08. The number of ether oxygens (including phenoxy) is 1. The van der Waals surface area contributed by atoms with E-state index in [1.165, 1.54) is 13.5 Å². The Labute approximate surface area is 160 Å². The summed E-state index contributed by atoms with van der Waals surface area (Å²) in [4.78, 5) is 24.5. The third kappa shape index (κ3) is 5.22. The van der Waals surface area contributed by atoms with E-state index in [4.69, 9.17) is 4.74 Å². The molecule has 1 fully saturated rings. The fraction of sp³-hybridized carbons (Fsp3) is 0.455. The summed E-state index contributed by atoms with van der Waals surface area (Å²) in [6.45, 7) is 0.258. The van der Waals surface area contributed by atoms with Gasteiger partial charge in [0.05, 0.1) is 13.0 Å². The predicted octanol–water partition coefficient (Wildman–Crippen LogP) is 3.80. The van der Waals surface area contributed by atoms with Gasteiger partial charge in [-0.15, -0.1) is 0 Å². The topological polar surface area (TPSA) is 67.4 Å². The average molecular weight is 368 g/mol. The molecule has 1 saturated carbocycles. The van der Waals surface area contributed by atoms with Crippen molar-refractivity contribution in [3.05, 3.63) is 48.0 Å². The summed E-state index contributed by atoms with van der Waals surface area (Å²) in [6.07, 6.45) is 6.16. The maximum Gasteiger partial charge on any atom is 0.315 e. The first kappa shape index (κ1) is 19.2. The second-order valence-electron chi connectivity index (χ2n) is 7.25. The van der Waals surface area contributed by atoms with E-state index in [9.17, 15) is 9.59 Å². The van der Waals surface area contributed by atoms with Crippen LogP contribution < -0.4 is 10.6 Å². The first-order valence-electron chi connectivity index (χ1n) is 9.76. The zero-order chi connectivity index (χ0) is 19.1. The van der Waals surface area contributed by atoms with Crippen molar-refractivity contribution in [3.8, 4) is 0 Å². The Kier molecular flexibility index (Phi) is 6.69. The number of rotatable bonds is 6. The number of esters is 1. The van der Waals surface area contributed by atoms with Gasteiger partial charge in [-0.3, -0.25) is 4.79 Å². The monoisotopic (exact) mass is 368 g/mol. The van der Waals surface area contributed by atoms with Crippen LogP contribution in [0.5, 0.6) is 0 Å². The molecule has 1 atom stereocenters. The average Bonchev–Trinajstić information content (AvgIpc) is 2.71. The number of nitrogens with one attached hydrogen (secondary N) is 2. The maximum atomic E-state index is 12.3. The molecule has 5 nitrogen and oxygen atoms in total. The van der Waals surface area contributed by atoms with Crippen LogP contribution in [0.2, 0.25) is 0 Å². The molecule has 0 heterocycles. The number of carbonyl (C=O) groups is 2. The molecule has 5 heteroatoms. The molecule has 2 amide bonds. The van der Waals surface area contributed by atoms with Crippen molar-refractivity contribution in [1.29, 1.82) is 0 Å². The second kappa shape index (κ2) is 9.40. The highest BCUT2D eigenvalue weighted by molar-refractivity contribution is 5.86. The Morgan fingerprint density at radius 1 is 1.07 bits per heavy atom. The molecular weight excluding hydrogens is 340 g/mol. The molecule has 3 rings (SSSR count). The van der Waals surface area contributed by atoms with Crippen LogP contribution in [-0.2, 0) is 16.0 Å². The minimum atomic E-state index is -0.419. The van der Waals surface area contributed by atoms with Crippen LogP contribution in [0.1, 0.15) is 37.7 Å². The van der Waals surface area contributed by atoms with Crippen LogP contribution in [0.25, 0.3) is 10.8 Å². The van der Waals surface area contributed by atoms with E-state index in [1.807, 2.05) is 24.3 Å². The van der Waals surface area contributed by atoms with E-state index in [-0.39, 0.29) is 24.6 Å². The van der Waals surface area contributed by atoms with E-state index >= 15 is 0 Å². The molecule has 0 saturated heterocycles. The van der Waals surface area contributed by atoms with Gasteiger partial charge in [0.25, 0.3) is 0 Å². The summed E-state index contributed by atoms with van der Waals surface area (Å²) < 4.78 is 4.97. The molecular formula is C22H28N2O3. The predicted molar refractivity (Wildman–Crippen MR) is 107 cm³/mol. The lowest BCUT2D eigenvalue weighted by Crippen LogP contribution is -2.45. The number of benzene rings is 2. The van der Waals surface area contributed by atoms with Crippen molar-refractivity contribution in [1.82, 2.24) is 10.6 Å². The summed E-state index contributed by atoms with van der Waals surface area (Å²) in [6, 6.07) is 14.2. The number of hydrogen-bond donors (Lipinski definition) is 2. The lowest BCUT2D eigenvalue weighted by Gasteiger charge is -2.23. The first-order valence-corrected chi connectivity index (χ1v) is 9.76. The normalized spacial score (nSPS) is 15.9. The number of methoxy groups -OCH3 is 1. The summed E-state index contributed by atoms with van der Waals surface area (Å²) in [5, 5.41) is 8.15. The summed E-state index contributed by atoms with van der Waals surface area (Å²) in [5.74, 6) is -0.723. The molecule has 0 radical (unpaired) electrons. The van der Waals surface area contributed by atoms with Gasteiger partial charge >= 0.3 is 12.0 Å². The third-order valence-electron chi connectivity index (χ3n) is 5.33. The largest absolute Gasteiger partial charge is 0.469 e. The first-order chi connectivity index (χ1) is 13.2. The fourth-order valence-electron chi connectivity index (χ4n) is 3.84. The lowest BCUT2D eigenvalue weighted by molar-refractivity contribution is -0.145. The van der Waals surface area contributed by atoms with E-state index in [1.54, 1.807) is 0 Å². The smallest absolute Gasteiger partial charge is 0.315 e.